The van der Waals surface area contributed by atoms with Crippen LogP contribution in [0.1, 0.15) is 25.6 Å². The van der Waals surface area contributed by atoms with Crippen molar-refractivity contribution in [1.29, 1.82) is 0 Å². The van der Waals surface area contributed by atoms with E-state index >= 15 is 0 Å². The average molecular weight is 549 g/mol. The van der Waals surface area contributed by atoms with Crippen LogP contribution in [0.2, 0.25) is 0 Å². The van der Waals surface area contributed by atoms with E-state index in [0.717, 1.165) is 5.56 Å². The van der Waals surface area contributed by atoms with Gasteiger partial charge in [0.15, 0.2) is 23.5 Å². The highest BCUT2D eigenvalue weighted by molar-refractivity contribution is 7.32. The third-order valence-electron chi connectivity index (χ3n) is 5.70. The summed E-state index contributed by atoms with van der Waals surface area (Å²) in [6.45, 7) is 2.64. The summed E-state index contributed by atoms with van der Waals surface area (Å²) in [4.78, 5) is 57.6. The van der Waals surface area contributed by atoms with Crippen molar-refractivity contribution in [3.63, 3.8) is 0 Å². The molecule has 0 aliphatic carbocycles. The van der Waals surface area contributed by atoms with E-state index in [-0.39, 0.29) is 23.7 Å². The number of aliphatic hydroxyl groups excluding tert-OH is 1. The lowest BCUT2D eigenvalue weighted by molar-refractivity contribution is -0.118. The molecule has 3 heterocycles. The van der Waals surface area contributed by atoms with Gasteiger partial charge < -0.3 is 19.9 Å². The molecule has 4 rings (SSSR count). The molecule has 0 saturated carbocycles. The van der Waals surface area contributed by atoms with E-state index in [4.69, 9.17) is 14.0 Å². The Hall–Kier alpha value is -3.75. The number of imidazole rings is 1. The molecule has 1 fully saturated rings. The second kappa shape index (κ2) is 11.8. The number of hydrogen-bond donors (Lipinski definition) is 5. The first kappa shape index (κ1) is 27.3. The van der Waals surface area contributed by atoms with E-state index in [0.29, 0.717) is 0 Å². The average Bonchev–Trinajstić information content (AvgIpc) is 3.44. The largest absolute Gasteiger partial charge is 0.695 e. The first-order valence-electron chi connectivity index (χ1n) is 11.5. The molecule has 1 saturated heterocycles. The minimum Gasteiger partial charge on any atom is -0.445 e. The smallest absolute Gasteiger partial charge is 0.445 e. The Morgan fingerprint density at radius 2 is 2.03 bits per heavy atom. The maximum absolute atomic E-state index is 12.7. The monoisotopic (exact) mass is 549 g/mol. The van der Waals surface area contributed by atoms with Gasteiger partial charge in [-0.2, -0.15) is 4.98 Å². The molecule has 15 nitrogen and oxygen atoms in total. The normalized spacial score (nSPS) is 21.4. The Morgan fingerprint density at radius 1 is 1.29 bits per heavy atom. The quantitative estimate of drug-likeness (QED) is 0.237. The molecular formula is C22H26N6O9P+. The summed E-state index contributed by atoms with van der Waals surface area (Å²) >= 11 is 0. The lowest BCUT2D eigenvalue weighted by Gasteiger charge is -2.22. The molecule has 0 radical (unpaired) electrons. The number of nitrogens with one attached hydrogen (secondary N) is 3. The van der Waals surface area contributed by atoms with Crippen LogP contribution in [0.4, 0.5) is 10.7 Å². The van der Waals surface area contributed by atoms with Gasteiger partial charge in [-0.15, -0.1) is 9.42 Å². The molecule has 16 heteroatoms. The van der Waals surface area contributed by atoms with Gasteiger partial charge >= 0.3 is 14.3 Å². The molecule has 0 spiro atoms. The van der Waals surface area contributed by atoms with Crippen molar-refractivity contribution >= 4 is 37.4 Å². The summed E-state index contributed by atoms with van der Waals surface area (Å²) in [6.07, 6.45) is -3.32. The van der Waals surface area contributed by atoms with Crippen molar-refractivity contribution in [3.05, 3.63) is 52.6 Å². The highest BCUT2D eigenvalue weighted by Gasteiger charge is 2.51. The van der Waals surface area contributed by atoms with Crippen LogP contribution >= 0.6 is 8.25 Å². The van der Waals surface area contributed by atoms with Gasteiger partial charge in [-0.1, -0.05) is 44.2 Å². The number of hydrogen-bond acceptors (Lipinski definition) is 10. The minimum absolute atomic E-state index is 0.0204. The maximum Gasteiger partial charge on any atom is 0.695 e. The Morgan fingerprint density at radius 3 is 2.68 bits per heavy atom. The molecule has 1 unspecified atom stereocenters. The third-order valence-corrected chi connectivity index (χ3v) is 6.13. The predicted octanol–water partition coefficient (Wildman–Crippen LogP) is 0.934. The second-order valence-corrected chi connectivity index (χ2v) is 9.36. The number of carbonyl (C=O) groups excluding carboxylic acids is 2. The molecule has 0 bridgehead atoms. The summed E-state index contributed by atoms with van der Waals surface area (Å²) in [5, 5.41) is 14.9. The zero-order valence-electron chi connectivity index (χ0n) is 20.3. The van der Waals surface area contributed by atoms with Crippen molar-refractivity contribution < 1.29 is 38.2 Å². The molecule has 1 aromatic carbocycles. The molecule has 38 heavy (non-hydrogen) atoms. The van der Waals surface area contributed by atoms with Crippen LogP contribution in [0, 0.1) is 5.92 Å². The van der Waals surface area contributed by atoms with Gasteiger partial charge in [0.25, 0.3) is 5.56 Å². The number of amides is 2. The summed E-state index contributed by atoms with van der Waals surface area (Å²) in [5.74, 6) is -0.923. The zero-order chi connectivity index (χ0) is 27.4. The molecule has 1 aliphatic heterocycles. The fourth-order valence-corrected chi connectivity index (χ4v) is 4.32. The fraction of sp³-hybridized carbons (Fsp3) is 0.409. The van der Waals surface area contributed by atoms with E-state index in [1.807, 2.05) is 6.07 Å². The standard InChI is InChI=1S/C22H25N6O9P/c1-11(2)18(30)26-21-25-17-15(19(31)27-21)23-10-28(17)20-14(16(37-38(33)34)13(8-29)36-20)24-22(32)35-9-12-6-4-3-5-7-12/h3-7,10-11,13-14,16,20,29H,8-9H2,1-2H3,(H3-,24,25,26,27,30,31,32,33,34)/p+1/t13-,14-,16-,20-/m1/s1. The third kappa shape index (κ3) is 6.03. The number of benzene rings is 1. The second-order valence-electron chi connectivity index (χ2n) is 8.67. The van der Waals surface area contributed by atoms with Gasteiger partial charge in [0.1, 0.15) is 18.8 Å². The molecule has 5 N–H and O–H groups in total. The van der Waals surface area contributed by atoms with Crippen LogP contribution in [0.5, 0.6) is 0 Å². The maximum atomic E-state index is 12.7. The number of aliphatic hydroxyl groups is 1. The Balaban J connectivity index is 1.66. The van der Waals surface area contributed by atoms with Crippen molar-refractivity contribution in [2.75, 3.05) is 11.9 Å². The van der Waals surface area contributed by atoms with E-state index in [1.165, 1.54) is 10.9 Å². The molecule has 2 amide bonds. The molecular weight excluding hydrogens is 523 g/mol. The number of alkyl carbamates (subject to hydrolysis) is 1. The number of rotatable bonds is 9. The number of carbonyl (C=O) groups is 2. The number of H-pyrrole nitrogens is 1. The van der Waals surface area contributed by atoms with Crippen LogP contribution < -0.4 is 16.2 Å². The molecule has 3 aromatic rings. The van der Waals surface area contributed by atoms with Crippen molar-refractivity contribution in [2.24, 2.45) is 5.92 Å². The SMILES string of the molecule is CC(C)C(=O)Nc1nc2c(ncn2[C@@H]2O[C@H](CO)[C@@H](O[P+](=O)O)[C@H]2NC(=O)OCc2ccccc2)c(=O)[nH]1. The molecule has 202 valence electrons. The predicted molar refractivity (Wildman–Crippen MR) is 131 cm³/mol. The lowest BCUT2D eigenvalue weighted by atomic mass is 10.1. The van der Waals surface area contributed by atoms with Crippen LogP contribution in [0.15, 0.2) is 41.5 Å². The van der Waals surface area contributed by atoms with Crippen LogP contribution in [-0.2, 0) is 30.0 Å². The number of ether oxygens (including phenoxy) is 2. The highest BCUT2D eigenvalue weighted by atomic mass is 31.1. The zero-order valence-corrected chi connectivity index (χ0v) is 21.2. The molecule has 1 aliphatic rings. The first-order chi connectivity index (χ1) is 18.2. The van der Waals surface area contributed by atoms with Gasteiger partial charge in [-0.05, 0) is 5.56 Å². The van der Waals surface area contributed by atoms with Gasteiger partial charge in [-0.25, -0.2) is 9.78 Å². The van der Waals surface area contributed by atoms with Gasteiger partial charge in [0, 0.05) is 10.5 Å². The molecule has 5 atom stereocenters. The highest BCUT2D eigenvalue weighted by Crippen LogP contribution is 2.37. The van der Waals surface area contributed by atoms with Crippen LogP contribution in [-0.4, -0.2) is 66.4 Å². The van der Waals surface area contributed by atoms with Crippen molar-refractivity contribution in [1.82, 2.24) is 24.8 Å². The fourth-order valence-electron chi connectivity index (χ4n) is 3.84. The number of fused-ring (bicyclic) bond motifs is 1. The van der Waals surface area contributed by atoms with E-state index in [2.05, 4.69) is 25.6 Å². The minimum atomic E-state index is -3.15. The van der Waals surface area contributed by atoms with Gasteiger partial charge in [0.05, 0.1) is 12.9 Å². The Labute approximate surface area is 216 Å². The lowest BCUT2D eigenvalue weighted by Crippen LogP contribution is -2.47. The first-order valence-corrected chi connectivity index (χ1v) is 12.6. The Bertz CT molecular complexity index is 1380. The number of nitrogens with zero attached hydrogens (tertiary/aromatic N) is 3. The number of aromatic nitrogens is 4. The van der Waals surface area contributed by atoms with Crippen LogP contribution in [0.25, 0.3) is 11.2 Å². The summed E-state index contributed by atoms with van der Waals surface area (Å²) in [7, 11) is -3.15. The topological polar surface area (TPSA) is 207 Å². The Kier molecular flexibility index (Phi) is 8.44. The van der Waals surface area contributed by atoms with E-state index < -0.39 is 62.8 Å². The molecule has 2 aromatic heterocycles. The van der Waals surface area contributed by atoms with Crippen molar-refractivity contribution in [2.45, 2.75) is 44.9 Å². The van der Waals surface area contributed by atoms with Gasteiger partial charge in [0.2, 0.25) is 11.9 Å². The summed E-state index contributed by atoms with van der Waals surface area (Å²) < 4.78 is 29.0. The number of anilines is 1. The van der Waals surface area contributed by atoms with Gasteiger partial charge in [-0.3, -0.25) is 24.5 Å². The summed E-state index contributed by atoms with van der Waals surface area (Å²) in [5.41, 5.74) is -0.0449. The number of aromatic amines is 1. The van der Waals surface area contributed by atoms with E-state index in [9.17, 15) is 28.9 Å². The van der Waals surface area contributed by atoms with Crippen LogP contribution in [0.3, 0.4) is 0 Å². The van der Waals surface area contributed by atoms with E-state index in [1.54, 1.807) is 38.1 Å². The summed E-state index contributed by atoms with van der Waals surface area (Å²) in [6, 6.07) is 7.70. The van der Waals surface area contributed by atoms with Crippen molar-refractivity contribution in [3.8, 4) is 0 Å².